The predicted octanol–water partition coefficient (Wildman–Crippen LogP) is 5.46. The first-order valence-corrected chi connectivity index (χ1v) is 10.4. The van der Waals surface area contributed by atoms with Gasteiger partial charge in [-0.1, -0.05) is 18.2 Å². The summed E-state index contributed by atoms with van der Waals surface area (Å²) in [5.74, 6) is 0.665. The number of pyridine rings is 1. The van der Waals surface area contributed by atoms with Gasteiger partial charge in [0.2, 0.25) is 0 Å². The molecule has 5 aromatic rings. The number of rotatable bonds is 3. The molecule has 0 radical (unpaired) electrons. The Kier molecular flexibility index (Phi) is 4.26. The zero-order valence-corrected chi connectivity index (χ0v) is 16.9. The largest absolute Gasteiger partial charge is 0.264 e. The molecule has 7 heteroatoms. The molecular formula is C21H15N5S2. The Morgan fingerprint density at radius 3 is 2.68 bits per heavy atom. The van der Waals surface area contributed by atoms with Crippen LogP contribution in [0.5, 0.6) is 0 Å². The molecule has 5 nitrogen and oxygen atoms in total. The Morgan fingerprint density at radius 1 is 0.929 bits per heavy atom. The SMILES string of the molecule is Cc1sc2ncnc(Sc3nc(-c4cccnc4)nc4ccccc34)c2c1C. The summed E-state index contributed by atoms with van der Waals surface area (Å²) in [7, 11) is 0. The molecule has 0 bridgehead atoms. The first-order valence-electron chi connectivity index (χ1n) is 8.76. The van der Waals surface area contributed by atoms with Crippen molar-refractivity contribution in [2.75, 3.05) is 0 Å². The summed E-state index contributed by atoms with van der Waals surface area (Å²) in [6.07, 6.45) is 5.17. The second kappa shape index (κ2) is 6.92. The maximum absolute atomic E-state index is 4.86. The number of thiophene rings is 1. The average molecular weight is 402 g/mol. The molecule has 0 saturated heterocycles. The van der Waals surface area contributed by atoms with Crippen molar-refractivity contribution in [1.29, 1.82) is 0 Å². The van der Waals surface area contributed by atoms with E-state index in [0.717, 1.165) is 36.7 Å². The fraction of sp³-hybridized carbons (Fsp3) is 0.0952. The zero-order valence-electron chi connectivity index (χ0n) is 15.2. The Balaban J connectivity index is 1.71. The van der Waals surface area contributed by atoms with E-state index in [-0.39, 0.29) is 0 Å². The van der Waals surface area contributed by atoms with Gasteiger partial charge in [-0.2, -0.15) is 0 Å². The van der Waals surface area contributed by atoms with Gasteiger partial charge in [-0.05, 0) is 49.4 Å². The van der Waals surface area contributed by atoms with Crippen LogP contribution in [0.4, 0.5) is 0 Å². The molecular weight excluding hydrogens is 386 g/mol. The Morgan fingerprint density at radius 2 is 1.82 bits per heavy atom. The summed E-state index contributed by atoms with van der Waals surface area (Å²) in [4.78, 5) is 25.1. The number of benzene rings is 1. The minimum absolute atomic E-state index is 0.665. The lowest BCUT2D eigenvalue weighted by molar-refractivity contribution is 1.07. The second-order valence-corrected chi connectivity index (χ2v) is 8.54. The van der Waals surface area contributed by atoms with Crippen molar-refractivity contribution in [1.82, 2.24) is 24.9 Å². The van der Waals surface area contributed by atoms with Gasteiger partial charge in [0, 0.05) is 33.6 Å². The van der Waals surface area contributed by atoms with Crippen molar-refractivity contribution in [3.8, 4) is 11.4 Å². The van der Waals surface area contributed by atoms with Crippen LogP contribution in [0.25, 0.3) is 32.5 Å². The smallest absolute Gasteiger partial charge is 0.162 e. The standard InChI is InChI=1S/C21H15N5S2/c1-12-13(2)27-20-17(12)21(24-11-23-20)28-19-15-7-3-4-8-16(15)25-18(26-19)14-6-5-9-22-10-14/h3-11H,1-2H3. The quantitative estimate of drug-likeness (QED) is 0.374. The van der Waals surface area contributed by atoms with Crippen LogP contribution in [0.3, 0.4) is 0 Å². The van der Waals surface area contributed by atoms with Crippen molar-refractivity contribution < 1.29 is 0 Å². The van der Waals surface area contributed by atoms with Crippen molar-refractivity contribution in [3.63, 3.8) is 0 Å². The van der Waals surface area contributed by atoms with Crippen molar-refractivity contribution in [3.05, 3.63) is 65.6 Å². The lowest BCUT2D eigenvalue weighted by Crippen LogP contribution is -1.95. The second-order valence-electron chi connectivity index (χ2n) is 6.36. The van der Waals surface area contributed by atoms with Gasteiger partial charge in [0.05, 0.1) is 5.52 Å². The first-order chi connectivity index (χ1) is 13.7. The number of hydrogen-bond donors (Lipinski definition) is 0. The van der Waals surface area contributed by atoms with Gasteiger partial charge >= 0.3 is 0 Å². The van der Waals surface area contributed by atoms with Crippen LogP contribution in [-0.4, -0.2) is 24.9 Å². The lowest BCUT2D eigenvalue weighted by Gasteiger charge is -2.09. The van der Waals surface area contributed by atoms with E-state index in [1.807, 2.05) is 30.3 Å². The highest BCUT2D eigenvalue weighted by Gasteiger charge is 2.16. The predicted molar refractivity (Wildman–Crippen MR) is 114 cm³/mol. The fourth-order valence-electron chi connectivity index (χ4n) is 3.07. The number of para-hydroxylation sites is 1. The molecule has 136 valence electrons. The topological polar surface area (TPSA) is 64.5 Å². The molecule has 28 heavy (non-hydrogen) atoms. The zero-order chi connectivity index (χ0) is 19.1. The normalized spacial score (nSPS) is 11.4. The lowest BCUT2D eigenvalue weighted by atomic mass is 10.2. The van der Waals surface area contributed by atoms with Gasteiger partial charge in [0.1, 0.15) is 21.2 Å². The van der Waals surface area contributed by atoms with E-state index in [1.54, 1.807) is 41.8 Å². The molecule has 0 aliphatic rings. The van der Waals surface area contributed by atoms with E-state index in [1.165, 1.54) is 10.4 Å². The number of aryl methyl sites for hydroxylation is 2. The van der Waals surface area contributed by atoms with Crippen LogP contribution in [0.2, 0.25) is 0 Å². The van der Waals surface area contributed by atoms with Gasteiger partial charge in [0.25, 0.3) is 0 Å². The molecule has 0 aliphatic carbocycles. The third-order valence-electron chi connectivity index (χ3n) is 4.61. The summed E-state index contributed by atoms with van der Waals surface area (Å²) in [5.41, 5.74) is 3.03. The number of nitrogens with zero attached hydrogens (tertiary/aromatic N) is 5. The molecule has 0 spiro atoms. The highest BCUT2D eigenvalue weighted by Crippen LogP contribution is 2.39. The van der Waals surface area contributed by atoms with E-state index < -0.39 is 0 Å². The third kappa shape index (κ3) is 2.93. The summed E-state index contributed by atoms with van der Waals surface area (Å²) >= 11 is 3.27. The van der Waals surface area contributed by atoms with Gasteiger partial charge in [0.15, 0.2) is 5.82 Å². The Hall–Kier alpha value is -2.90. The molecule has 0 amide bonds. The van der Waals surface area contributed by atoms with Crippen LogP contribution in [-0.2, 0) is 0 Å². The molecule has 0 fully saturated rings. The number of hydrogen-bond acceptors (Lipinski definition) is 7. The molecule has 0 N–H and O–H groups in total. The van der Waals surface area contributed by atoms with E-state index >= 15 is 0 Å². The number of fused-ring (bicyclic) bond motifs is 2. The minimum atomic E-state index is 0.665. The van der Waals surface area contributed by atoms with E-state index in [2.05, 4.69) is 34.9 Å². The summed E-state index contributed by atoms with van der Waals surface area (Å²) in [5, 5.41) is 3.93. The summed E-state index contributed by atoms with van der Waals surface area (Å²) < 4.78 is 0. The van der Waals surface area contributed by atoms with Crippen molar-refractivity contribution >= 4 is 44.2 Å². The molecule has 4 aromatic heterocycles. The van der Waals surface area contributed by atoms with Gasteiger partial charge in [-0.15, -0.1) is 11.3 Å². The molecule has 1 aromatic carbocycles. The highest BCUT2D eigenvalue weighted by atomic mass is 32.2. The Bertz CT molecular complexity index is 1310. The van der Waals surface area contributed by atoms with Crippen molar-refractivity contribution in [2.24, 2.45) is 0 Å². The monoisotopic (exact) mass is 401 g/mol. The van der Waals surface area contributed by atoms with Crippen LogP contribution in [0, 0.1) is 13.8 Å². The molecule has 4 heterocycles. The maximum atomic E-state index is 4.86. The summed E-state index contributed by atoms with van der Waals surface area (Å²) in [6, 6.07) is 11.9. The van der Waals surface area contributed by atoms with E-state index in [4.69, 9.17) is 9.97 Å². The minimum Gasteiger partial charge on any atom is -0.264 e. The third-order valence-corrected chi connectivity index (χ3v) is 6.73. The van der Waals surface area contributed by atoms with Gasteiger partial charge in [-0.3, -0.25) is 4.98 Å². The number of aromatic nitrogens is 5. The van der Waals surface area contributed by atoms with E-state index in [9.17, 15) is 0 Å². The van der Waals surface area contributed by atoms with Crippen LogP contribution < -0.4 is 0 Å². The highest BCUT2D eigenvalue weighted by molar-refractivity contribution is 7.99. The maximum Gasteiger partial charge on any atom is 0.162 e. The van der Waals surface area contributed by atoms with E-state index in [0.29, 0.717) is 5.82 Å². The fourth-order valence-corrected chi connectivity index (χ4v) is 5.18. The van der Waals surface area contributed by atoms with Gasteiger partial charge in [-0.25, -0.2) is 19.9 Å². The van der Waals surface area contributed by atoms with Crippen molar-refractivity contribution in [2.45, 2.75) is 23.9 Å². The molecule has 0 unspecified atom stereocenters. The molecule has 5 rings (SSSR count). The van der Waals surface area contributed by atoms with Crippen LogP contribution >= 0.6 is 23.1 Å². The molecule has 0 atom stereocenters. The summed E-state index contributed by atoms with van der Waals surface area (Å²) in [6.45, 7) is 4.25. The molecule has 0 saturated carbocycles. The first kappa shape index (κ1) is 17.2. The van der Waals surface area contributed by atoms with Crippen LogP contribution in [0.15, 0.2) is 65.2 Å². The Labute approximate surface area is 170 Å². The van der Waals surface area contributed by atoms with Gasteiger partial charge < -0.3 is 0 Å². The average Bonchev–Trinajstić information content (AvgIpc) is 3.03. The molecule has 0 aliphatic heterocycles. The van der Waals surface area contributed by atoms with Crippen LogP contribution in [0.1, 0.15) is 10.4 Å².